The number of carbonyl (C=O) groups is 1. The Labute approximate surface area is 512 Å². The molecule has 4 nitrogen and oxygen atoms in total. The van der Waals surface area contributed by atoms with Gasteiger partial charge in [-0.1, -0.05) is 367 Å². The minimum atomic E-state index is -0.876. The van der Waals surface area contributed by atoms with Crippen LogP contribution >= 0.6 is 0 Å². The molecular formula is C78H139NO3. The number of rotatable bonds is 66. The number of aliphatic hydroxyl groups is 2. The van der Waals surface area contributed by atoms with Gasteiger partial charge in [-0.05, 0) is 96.3 Å². The zero-order valence-electron chi connectivity index (χ0n) is 54.7. The van der Waals surface area contributed by atoms with Crippen LogP contribution in [0.1, 0.15) is 361 Å². The molecule has 0 saturated carbocycles. The van der Waals surface area contributed by atoms with E-state index in [9.17, 15) is 15.0 Å². The topological polar surface area (TPSA) is 69.6 Å². The molecule has 2 atom stereocenters. The van der Waals surface area contributed by atoms with Crippen LogP contribution in [-0.4, -0.2) is 34.9 Å². The monoisotopic (exact) mass is 1140 g/mol. The van der Waals surface area contributed by atoms with Gasteiger partial charge in [-0.25, -0.2) is 0 Å². The maximum atomic E-state index is 12.5. The van der Waals surface area contributed by atoms with E-state index < -0.39 is 12.1 Å². The standard InChI is InChI=1S/C78H139NO3/c1-3-5-7-9-11-13-15-17-19-21-23-25-27-29-31-33-35-36-37-38-39-40-41-42-44-46-48-50-52-54-56-58-60-62-64-66-68-70-72-74-78(82)79-76(75-80)77(81)73-71-69-67-65-63-61-59-57-55-53-51-49-47-45-43-34-32-30-28-26-24-22-20-18-16-14-12-10-8-6-4-2/h5,7,11,13,17,19,23,25,29,31,35-36,55,57,63,65,71,73,76-77,80-81H,3-4,6,8-10,12,14-16,18,20-22,24,26-28,30,32-34,37-54,56,58-62,64,66-70,72,74-75H2,1-2H3,(H,79,82)/b7-5-,13-11-,19-17-,25-23-,31-29-,36-35-,57-55+,65-63+,73-71+. The molecule has 4 heteroatoms. The van der Waals surface area contributed by atoms with Gasteiger partial charge >= 0.3 is 0 Å². The summed E-state index contributed by atoms with van der Waals surface area (Å²) in [6, 6.07) is -0.652. The Balaban J connectivity index is 3.50. The van der Waals surface area contributed by atoms with Gasteiger partial charge in [-0.3, -0.25) is 4.79 Å². The van der Waals surface area contributed by atoms with Crippen molar-refractivity contribution < 1.29 is 15.0 Å². The van der Waals surface area contributed by atoms with Gasteiger partial charge in [-0.2, -0.15) is 0 Å². The average Bonchev–Trinajstić information content (AvgIpc) is 3.50. The third-order valence-corrected chi connectivity index (χ3v) is 16.2. The summed E-state index contributed by atoms with van der Waals surface area (Å²) >= 11 is 0. The summed E-state index contributed by atoms with van der Waals surface area (Å²) in [4.78, 5) is 12.5. The Morgan fingerprint density at radius 3 is 0.854 bits per heavy atom. The molecule has 0 aromatic carbocycles. The van der Waals surface area contributed by atoms with E-state index in [4.69, 9.17) is 0 Å². The van der Waals surface area contributed by atoms with E-state index >= 15 is 0 Å². The Bertz CT molecular complexity index is 1530. The van der Waals surface area contributed by atoms with Crippen molar-refractivity contribution >= 4 is 5.91 Å². The number of carbonyl (C=O) groups excluding carboxylic acids is 1. The first-order valence-electron chi connectivity index (χ1n) is 36.1. The third kappa shape index (κ3) is 67.8. The normalized spacial score (nSPS) is 13.4. The van der Waals surface area contributed by atoms with Crippen LogP contribution in [0.15, 0.2) is 109 Å². The average molecular weight is 1140 g/mol. The molecule has 0 heterocycles. The molecule has 0 saturated heterocycles. The van der Waals surface area contributed by atoms with Gasteiger partial charge < -0.3 is 15.5 Å². The van der Waals surface area contributed by atoms with Crippen LogP contribution in [0.3, 0.4) is 0 Å². The lowest BCUT2D eigenvalue weighted by Crippen LogP contribution is -2.45. The first kappa shape index (κ1) is 79.0. The maximum absolute atomic E-state index is 12.5. The van der Waals surface area contributed by atoms with Crippen LogP contribution < -0.4 is 5.32 Å². The molecule has 0 spiro atoms. The Morgan fingerprint density at radius 1 is 0.305 bits per heavy atom. The predicted octanol–water partition coefficient (Wildman–Crippen LogP) is 24.9. The summed E-state index contributed by atoms with van der Waals surface area (Å²) in [5, 5.41) is 23.3. The van der Waals surface area contributed by atoms with Crippen LogP contribution in [-0.2, 0) is 4.79 Å². The molecule has 2 unspecified atom stereocenters. The van der Waals surface area contributed by atoms with Crippen LogP contribution in [0, 0.1) is 0 Å². The molecule has 0 fully saturated rings. The van der Waals surface area contributed by atoms with Gasteiger partial charge in [0.1, 0.15) is 0 Å². The second-order valence-electron chi connectivity index (χ2n) is 24.3. The van der Waals surface area contributed by atoms with Crippen molar-refractivity contribution in [1.29, 1.82) is 0 Å². The largest absolute Gasteiger partial charge is 0.394 e. The second-order valence-corrected chi connectivity index (χ2v) is 24.3. The summed E-state index contributed by atoms with van der Waals surface area (Å²) in [6.45, 7) is 4.21. The van der Waals surface area contributed by atoms with Gasteiger partial charge in [-0.15, -0.1) is 0 Å². The van der Waals surface area contributed by atoms with Crippen LogP contribution in [0.4, 0.5) is 0 Å². The highest BCUT2D eigenvalue weighted by atomic mass is 16.3. The third-order valence-electron chi connectivity index (χ3n) is 16.2. The van der Waals surface area contributed by atoms with Crippen molar-refractivity contribution in [1.82, 2.24) is 5.32 Å². The Hall–Kier alpha value is -2.95. The fourth-order valence-electron chi connectivity index (χ4n) is 10.8. The molecular weight excluding hydrogens is 999 g/mol. The number of hydrogen-bond donors (Lipinski definition) is 3. The van der Waals surface area contributed by atoms with Crippen molar-refractivity contribution in [3.63, 3.8) is 0 Å². The van der Waals surface area contributed by atoms with Crippen molar-refractivity contribution in [3.05, 3.63) is 109 Å². The van der Waals surface area contributed by atoms with Gasteiger partial charge in [0.2, 0.25) is 5.91 Å². The van der Waals surface area contributed by atoms with E-state index in [0.717, 1.165) is 77.0 Å². The highest BCUT2D eigenvalue weighted by Gasteiger charge is 2.18. The van der Waals surface area contributed by atoms with E-state index in [1.54, 1.807) is 6.08 Å². The summed E-state index contributed by atoms with van der Waals surface area (Å²) in [5.41, 5.74) is 0. The van der Waals surface area contributed by atoms with E-state index in [-0.39, 0.29) is 12.5 Å². The van der Waals surface area contributed by atoms with E-state index in [1.807, 2.05) is 6.08 Å². The number of allylic oxidation sites excluding steroid dienone is 17. The van der Waals surface area contributed by atoms with Crippen molar-refractivity contribution in [2.24, 2.45) is 0 Å². The van der Waals surface area contributed by atoms with E-state index in [0.29, 0.717) is 6.42 Å². The molecule has 0 aromatic heterocycles. The molecule has 0 bridgehead atoms. The van der Waals surface area contributed by atoms with E-state index in [1.165, 1.54) is 263 Å². The number of amides is 1. The molecule has 1 amide bonds. The minimum Gasteiger partial charge on any atom is -0.394 e. The van der Waals surface area contributed by atoms with Gasteiger partial charge in [0, 0.05) is 6.42 Å². The molecule has 82 heavy (non-hydrogen) atoms. The Kier molecular flexibility index (Phi) is 69.7. The number of hydrogen-bond acceptors (Lipinski definition) is 3. The van der Waals surface area contributed by atoms with Crippen LogP contribution in [0.25, 0.3) is 0 Å². The first-order valence-corrected chi connectivity index (χ1v) is 36.1. The molecule has 0 rings (SSSR count). The molecule has 0 aliphatic rings. The van der Waals surface area contributed by atoms with Gasteiger partial charge in [0.15, 0.2) is 0 Å². The van der Waals surface area contributed by atoms with Gasteiger partial charge in [0.05, 0.1) is 18.8 Å². The molecule has 0 aliphatic heterocycles. The zero-order chi connectivity index (χ0) is 59.1. The molecule has 474 valence electrons. The summed E-state index contributed by atoms with van der Waals surface area (Å²) in [5.74, 6) is -0.0749. The highest BCUT2D eigenvalue weighted by molar-refractivity contribution is 5.76. The lowest BCUT2D eigenvalue weighted by atomic mass is 10.0. The number of aliphatic hydroxyl groups excluding tert-OH is 2. The van der Waals surface area contributed by atoms with E-state index in [2.05, 4.69) is 116 Å². The second kappa shape index (κ2) is 72.3. The minimum absolute atomic E-state index is 0.0749. The van der Waals surface area contributed by atoms with Crippen LogP contribution in [0.5, 0.6) is 0 Å². The molecule has 0 aromatic rings. The molecule has 0 aliphatic carbocycles. The van der Waals surface area contributed by atoms with Gasteiger partial charge in [0.25, 0.3) is 0 Å². The van der Waals surface area contributed by atoms with Crippen molar-refractivity contribution in [2.45, 2.75) is 373 Å². The fourth-order valence-corrected chi connectivity index (χ4v) is 10.8. The lowest BCUT2D eigenvalue weighted by molar-refractivity contribution is -0.123. The lowest BCUT2D eigenvalue weighted by Gasteiger charge is -2.19. The highest BCUT2D eigenvalue weighted by Crippen LogP contribution is 2.18. The number of unbranched alkanes of at least 4 members (excludes halogenated alkanes) is 43. The Morgan fingerprint density at radius 2 is 0.549 bits per heavy atom. The summed E-state index contributed by atoms with van der Waals surface area (Å²) < 4.78 is 0. The van der Waals surface area contributed by atoms with Crippen molar-refractivity contribution in [3.8, 4) is 0 Å². The predicted molar refractivity (Wildman–Crippen MR) is 368 cm³/mol. The maximum Gasteiger partial charge on any atom is 0.220 e. The zero-order valence-corrected chi connectivity index (χ0v) is 54.7. The number of nitrogens with one attached hydrogen (secondary N) is 1. The molecule has 0 radical (unpaired) electrons. The van der Waals surface area contributed by atoms with Crippen LogP contribution in [0.2, 0.25) is 0 Å². The van der Waals surface area contributed by atoms with Crippen molar-refractivity contribution in [2.75, 3.05) is 6.61 Å². The molecule has 3 N–H and O–H groups in total. The smallest absolute Gasteiger partial charge is 0.220 e. The fraction of sp³-hybridized carbons (Fsp3) is 0.756. The first-order chi connectivity index (χ1) is 40.7. The summed E-state index contributed by atoms with van der Waals surface area (Å²) in [6.07, 6.45) is 109. The SMILES string of the molecule is CC/C=C\C/C=C\C/C=C\C/C=C\C/C=C\C/C=C\CCCCCCCCCCCCCCCCCCCCCCC(=O)NC(CO)C(O)/C=C/CC/C=C/CC/C=C/CCCCCCCCCCCCCCCCCCCCCCC. The summed E-state index contributed by atoms with van der Waals surface area (Å²) in [7, 11) is 0. The quantitative estimate of drug-likeness (QED) is 0.0420.